The van der Waals surface area contributed by atoms with Gasteiger partial charge in [0.25, 0.3) is 0 Å². The lowest BCUT2D eigenvalue weighted by atomic mass is 10.0. The van der Waals surface area contributed by atoms with Crippen LogP contribution in [0.4, 0.5) is 0 Å². The highest BCUT2D eigenvalue weighted by Crippen LogP contribution is 2.31. The van der Waals surface area contributed by atoms with E-state index in [1.54, 1.807) is 0 Å². The van der Waals surface area contributed by atoms with Crippen LogP contribution in [-0.4, -0.2) is 37.6 Å². The van der Waals surface area contributed by atoms with Crippen molar-refractivity contribution in [1.29, 1.82) is 0 Å². The van der Waals surface area contributed by atoms with Crippen molar-refractivity contribution in [2.45, 2.75) is 45.1 Å². The molecule has 2 heteroatoms. The monoisotopic (exact) mass is 210 g/mol. The van der Waals surface area contributed by atoms with Crippen LogP contribution in [0.5, 0.6) is 0 Å². The molecule has 2 aliphatic carbocycles. The van der Waals surface area contributed by atoms with E-state index in [2.05, 4.69) is 24.2 Å². The molecule has 2 nitrogen and oxygen atoms in total. The van der Waals surface area contributed by atoms with Gasteiger partial charge in [0.15, 0.2) is 0 Å². The summed E-state index contributed by atoms with van der Waals surface area (Å²) in [7, 11) is 2.13. The van der Waals surface area contributed by atoms with Gasteiger partial charge in [0.2, 0.25) is 0 Å². The van der Waals surface area contributed by atoms with E-state index < -0.39 is 0 Å². The fourth-order valence-corrected chi connectivity index (χ4v) is 2.97. The van der Waals surface area contributed by atoms with E-state index in [0.29, 0.717) is 0 Å². The molecule has 15 heavy (non-hydrogen) atoms. The lowest BCUT2D eigenvalue weighted by Gasteiger charge is -2.27. The van der Waals surface area contributed by atoms with Gasteiger partial charge >= 0.3 is 0 Å². The first kappa shape index (κ1) is 11.4. The molecule has 0 aromatic heterocycles. The van der Waals surface area contributed by atoms with Gasteiger partial charge in [-0.2, -0.15) is 0 Å². The minimum Gasteiger partial charge on any atom is -0.317 e. The van der Waals surface area contributed by atoms with Crippen LogP contribution in [0, 0.1) is 11.8 Å². The minimum absolute atomic E-state index is 0.790. The molecule has 2 atom stereocenters. The SMILES string of the molecule is CCN(CC1CC1)CC1CCCC1NC. The van der Waals surface area contributed by atoms with Crippen molar-refractivity contribution in [1.82, 2.24) is 10.2 Å². The first-order valence-electron chi connectivity index (χ1n) is 6.73. The Morgan fingerprint density at radius 2 is 1.93 bits per heavy atom. The Kier molecular flexibility index (Phi) is 4.04. The third-order valence-corrected chi connectivity index (χ3v) is 4.18. The predicted octanol–water partition coefficient (Wildman–Crippen LogP) is 2.11. The molecular weight excluding hydrogens is 184 g/mol. The third-order valence-electron chi connectivity index (χ3n) is 4.18. The first-order valence-corrected chi connectivity index (χ1v) is 6.73. The highest BCUT2D eigenvalue weighted by Gasteiger charge is 2.29. The summed E-state index contributed by atoms with van der Waals surface area (Å²) in [5, 5.41) is 3.49. The van der Waals surface area contributed by atoms with Gasteiger partial charge in [-0.15, -0.1) is 0 Å². The van der Waals surface area contributed by atoms with Gasteiger partial charge in [0.05, 0.1) is 0 Å². The van der Waals surface area contributed by atoms with Crippen LogP contribution >= 0.6 is 0 Å². The van der Waals surface area contributed by atoms with Crippen LogP contribution < -0.4 is 5.32 Å². The van der Waals surface area contributed by atoms with Gasteiger partial charge in [-0.05, 0) is 51.1 Å². The van der Waals surface area contributed by atoms with Crippen molar-refractivity contribution in [2.24, 2.45) is 11.8 Å². The molecule has 0 amide bonds. The average molecular weight is 210 g/mol. The van der Waals surface area contributed by atoms with Gasteiger partial charge in [0.1, 0.15) is 0 Å². The third kappa shape index (κ3) is 3.18. The zero-order valence-corrected chi connectivity index (χ0v) is 10.3. The fraction of sp³-hybridized carbons (Fsp3) is 1.00. The van der Waals surface area contributed by atoms with Gasteiger partial charge < -0.3 is 10.2 Å². The Morgan fingerprint density at radius 1 is 1.13 bits per heavy atom. The van der Waals surface area contributed by atoms with Crippen LogP contribution in [0.3, 0.4) is 0 Å². The van der Waals surface area contributed by atoms with E-state index in [9.17, 15) is 0 Å². The van der Waals surface area contributed by atoms with E-state index in [4.69, 9.17) is 0 Å². The molecule has 0 aromatic carbocycles. The summed E-state index contributed by atoms with van der Waals surface area (Å²) in [6, 6.07) is 0.790. The van der Waals surface area contributed by atoms with E-state index >= 15 is 0 Å². The summed E-state index contributed by atoms with van der Waals surface area (Å²) in [4.78, 5) is 2.68. The minimum atomic E-state index is 0.790. The first-order chi connectivity index (χ1) is 7.33. The number of nitrogens with one attached hydrogen (secondary N) is 1. The molecule has 0 heterocycles. The lowest BCUT2D eigenvalue weighted by Crippen LogP contribution is -2.38. The quantitative estimate of drug-likeness (QED) is 0.722. The molecule has 1 N–H and O–H groups in total. The van der Waals surface area contributed by atoms with E-state index in [1.807, 2.05) is 0 Å². The van der Waals surface area contributed by atoms with Crippen LogP contribution in [0.1, 0.15) is 39.0 Å². The summed E-state index contributed by atoms with van der Waals surface area (Å²) in [6.07, 6.45) is 7.22. The molecule has 0 saturated heterocycles. The molecule has 0 bridgehead atoms. The average Bonchev–Trinajstić information content (AvgIpc) is 2.95. The van der Waals surface area contributed by atoms with Crippen LogP contribution in [0.25, 0.3) is 0 Å². The maximum absolute atomic E-state index is 3.49. The molecule has 2 fully saturated rings. The van der Waals surface area contributed by atoms with Gasteiger partial charge in [0, 0.05) is 19.1 Å². The molecule has 0 spiro atoms. The fourth-order valence-electron chi connectivity index (χ4n) is 2.97. The predicted molar refractivity (Wildman–Crippen MR) is 65.0 cm³/mol. The van der Waals surface area contributed by atoms with E-state index in [0.717, 1.165) is 17.9 Å². The van der Waals surface area contributed by atoms with Gasteiger partial charge in [-0.25, -0.2) is 0 Å². The number of rotatable bonds is 6. The van der Waals surface area contributed by atoms with Crippen LogP contribution in [0.2, 0.25) is 0 Å². The summed E-state index contributed by atoms with van der Waals surface area (Å²) in [5.74, 6) is 1.95. The molecule has 88 valence electrons. The van der Waals surface area contributed by atoms with Crippen LogP contribution in [-0.2, 0) is 0 Å². The summed E-state index contributed by atoms with van der Waals surface area (Å²) in [5.41, 5.74) is 0. The summed E-state index contributed by atoms with van der Waals surface area (Å²) < 4.78 is 0. The van der Waals surface area contributed by atoms with Crippen molar-refractivity contribution in [2.75, 3.05) is 26.7 Å². The molecule has 2 unspecified atom stereocenters. The topological polar surface area (TPSA) is 15.3 Å². The Morgan fingerprint density at radius 3 is 2.53 bits per heavy atom. The van der Waals surface area contributed by atoms with Crippen molar-refractivity contribution in [3.8, 4) is 0 Å². The molecule has 2 aliphatic rings. The Balaban J connectivity index is 1.76. The van der Waals surface area contributed by atoms with Crippen molar-refractivity contribution in [3.63, 3.8) is 0 Å². The van der Waals surface area contributed by atoms with Crippen molar-refractivity contribution >= 4 is 0 Å². The Bertz CT molecular complexity index is 189. The maximum Gasteiger partial charge on any atom is 0.0104 e. The van der Waals surface area contributed by atoms with E-state index in [-0.39, 0.29) is 0 Å². The Labute approximate surface area is 94.4 Å². The standard InChI is InChI=1S/C13H26N2/c1-3-15(9-11-7-8-11)10-12-5-4-6-13(12)14-2/h11-14H,3-10H2,1-2H3. The molecule has 0 radical (unpaired) electrons. The highest BCUT2D eigenvalue weighted by molar-refractivity contribution is 4.85. The van der Waals surface area contributed by atoms with Crippen LogP contribution in [0.15, 0.2) is 0 Å². The number of hydrogen-bond acceptors (Lipinski definition) is 2. The summed E-state index contributed by atoms with van der Waals surface area (Å²) in [6.45, 7) is 6.25. The molecule has 2 saturated carbocycles. The number of hydrogen-bond donors (Lipinski definition) is 1. The van der Waals surface area contributed by atoms with Crippen molar-refractivity contribution in [3.05, 3.63) is 0 Å². The smallest absolute Gasteiger partial charge is 0.0104 e. The molecule has 0 aliphatic heterocycles. The maximum atomic E-state index is 3.49. The van der Waals surface area contributed by atoms with Gasteiger partial charge in [-0.1, -0.05) is 13.3 Å². The second kappa shape index (κ2) is 5.31. The lowest BCUT2D eigenvalue weighted by molar-refractivity contribution is 0.217. The largest absolute Gasteiger partial charge is 0.317 e. The molecular formula is C13H26N2. The van der Waals surface area contributed by atoms with Gasteiger partial charge in [-0.3, -0.25) is 0 Å². The second-order valence-electron chi connectivity index (χ2n) is 5.38. The summed E-state index contributed by atoms with van der Waals surface area (Å²) >= 11 is 0. The van der Waals surface area contributed by atoms with E-state index in [1.165, 1.54) is 51.7 Å². The highest BCUT2D eigenvalue weighted by atomic mass is 15.1. The van der Waals surface area contributed by atoms with Crippen molar-refractivity contribution < 1.29 is 0 Å². The number of nitrogens with zero attached hydrogens (tertiary/aromatic N) is 1. The normalized spacial score (nSPS) is 31.4. The second-order valence-corrected chi connectivity index (χ2v) is 5.38. The zero-order chi connectivity index (χ0) is 10.7. The molecule has 0 aromatic rings. The zero-order valence-electron chi connectivity index (χ0n) is 10.3. The molecule has 2 rings (SSSR count). The Hall–Kier alpha value is -0.0800.